The van der Waals surface area contributed by atoms with Gasteiger partial charge < -0.3 is 20.1 Å². The first-order valence-corrected chi connectivity index (χ1v) is 7.13. The summed E-state index contributed by atoms with van der Waals surface area (Å²) >= 11 is 5.92. The first-order chi connectivity index (χ1) is 10.1. The highest BCUT2D eigenvalue weighted by atomic mass is 35.5. The van der Waals surface area contributed by atoms with E-state index in [1.807, 2.05) is 0 Å². The van der Waals surface area contributed by atoms with E-state index in [0.717, 1.165) is 0 Å². The number of halogens is 1. The summed E-state index contributed by atoms with van der Waals surface area (Å²) in [5.41, 5.74) is -0.470. The molecule has 1 unspecified atom stereocenters. The lowest BCUT2D eigenvalue weighted by molar-refractivity contribution is 0.0267. The van der Waals surface area contributed by atoms with Crippen LogP contribution in [0.3, 0.4) is 0 Å². The van der Waals surface area contributed by atoms with Gasteiger partial charge in [-0.25, -0.2) is 4.98 Å². The second kappa shape index (κ2) is 5.73. The smallest absolute Gasteiger partial charge is 0.258 e. The van der Waals surface area contributed by atoms with Gasteiger partial charge in [-0.1, -0.05) is 11.6 Å². The Kier molecular flexibility index (Phi) is 3.95. The Morgan fingerprint density at radius 3 is 3.14 bits per heavy atom. The molecule has 1 fully saturated rings. The number of H-pyrrole nitrogens is 1. The van der Waals surface area contributed by atoms with Gasteiger partial charge in [-0.3, -0.25) is 4.79 Å². The maximum Gasteiger partial charge on any atom is 0.258 e. The van der Waals surface area contributed by atoms with E-state index in [2.05, 4.69) is 15.3 Å². The molecule has 2 aromatic rings. The van der Waals surface area contributed by atoms with Crippen molar-refractivity contribution >= 4 is 22.5 Å². The van der Waals surface area contributed by atoms with Crippen molar-refractivity contribution in [1.82, 2.24) is 15.3 Å². The van der Waals surface area contributed by atoms with Crippen molar-refractivity contribution in [3.8, 4) is 0 Å². The minimum atomic E-state index is -0.833. The Morgan fingerprint density at radius 2 is 2.38 bits per heavy atom. The van der Waals surface area contributed by atoms with Crippen LogP contribution in [-0.2, 0) is 11.3 Å². The van der Waals surface area contributed by atoms with Crippen molar-refractivity contribution < 1.29 is 9.84 Å². The highest BCUT2D eigenvalue weighted by Gasteiger charge is 2.31. The van der Waals surface area contributed by atoms with Gasteiger partial charge in [0.25, 0.3) is 5.56 Å². The lowest BCUT2D eigenvalue weighted by Gasteiger charge is -2.20. The van der Waals surface area contributed by atoms with Crippen LogP contribution in [0.1, 0.15) is 12.2 Å². The number of aromatic amines is 1. The topological polar surface area (TPSA) is 87.2 Å². The summed E-state index contributed by atoms with van der Waals surface area (Å²) in [4.78, 5) is 19.0. The van der Waals surface area contributed by atoms with E-state index in [1.54, 1.807) is 18.2 Å². The van der Waals surface area contributed by atoms with Crippen molar-refractivity contribution in [2.75, 3.05) is 19.8 Å². The monoisotopic (exact) mass is 309 g/mol. The van der Waals surface area contributed by atoms with Gasteiger partial charge in [0.05, 0.1) is 24.1 Å². The van der Waals surface area contributed by atoms with Gasteiger partial charge in [0, 0.05) is 24.6 Å². The van der Waals surface area contributed by atoms with Crippen LogP contribution in [0, 0.1) is 0 Å². The molecule has 6 nitrogen and oxygen atoms in total. The summed E-state index contributed by atoms with van der Waals surface area (Å²) in [6, 6.07) is 4.97. The average molecular weight is 310 g/mol. The Labute approximate surface area is 126 Å². The fourth-order valence-corrected chi connectivity index (χ4v) is 2.56. The third-order valence-corrected chi connectivity index (χ3v) is 3.78. The van der Waals surface area contributed by atoms with Crippen LogP contribution >= 0.6 is 11.6 Å². The highest BCUT2D eigenvalue weighted by Crippen LogP contribution is 2.17. The van der Waals surface area contributed by atoms with E-state index < -0.39 is 5.60 Å². The van der Waals surface area contributed by atoms with Crippen molar-refractivity contribution in [1.29, 1.82) is 0 Å². The van der Waals surface area contributed by atoms with Gasteiger partial charge >= 0.3 is 0 Å². The molecule has 1 saturated heterocycles. The predicted molar refractivity (Wildman–Crippen MR) is 79.5 cm³/mol. The predicted octanol–water partition coefficient (Wildman–Crippen LogP) is 0.818. The lowest BCUT2D eigenvalue weighted by Crippen LogP contribution is -2.41. The van der Waals surface area contributed by atoms with E-state index in [9.17, 15) is 9.90 Å². The molecule has 0 radical (unpaired) electrons. The maximum absolute atomic E-state index is 12.0. The van der Waals surface area contributed by atoms with E-state index in [0.29, 0.717) is 54.5 Å². The van der Waals surface area contributed by atoms with Crippen LogP contribution in [0.4, 0.5) is 0 Å². The number of aliphatic hydroxyl groups is 1. The van der Waals surface area contributed by atoms with Gasteiger partial charge in [-0.05, 0) is 18.2 Å². The first-order valence-electron chi connectivity index (χ1n) is 6.75. The molecule has 1 aromatic carbocycles. The molecular formula is C14H16ClN3O3. The van der Waals surface area contributed by atoms with Crippen LogP contribution in [0.2, 0.25) is 5.02 Å². The number of aromatic nitrogens is 2. The average Bonchev–Trinajstić information content (AvgIpc) is 2.85. The molecule has 3 rings (SSSR count). The van der Waals surface area contributed by atoms with Crippen LogP contribution in [0.25, 0.3) is 10.9 Å². The summed E-state index contributed by atoms with van der Waals surface area (Å²) in [6.45, 7) is 1.66. The molecule has 3 N–H and O–H groups in total. The molecule has 1 atom stereocenters. The second-order valence-corrected chi connectivity index (χ2v) is 5.74. The minimum absolute atomic E-state index is 0.198. The summed E-state index contributed by atoms with van der Waals surface area (Å²) < 4.78 is 5.17. The van der Waals surface area contributed by atoms with Crippen LogP contribution in [0.15, 0.2) is 23.0 Å². The Morgan fingerprint density at radius 1 is 1.52 bits per heavy atom. The summed E-state index contributed by atoms with van der Waals surface area (Å²) in [6.07, 6.45) is 0.608. The van der Waals surface area contributed by atoms with Gasteiger partial charge in [0.15, 0.2) is 0 Å². The molecule has 21 heavy (non-hydrogen) atoms. The first kappa shape index (κ1) is 14.5. The minimum Gasteiger partial charge on any atom is -0.386 e. The zero-order valence-electron chi connectivity index (χ0n) is 11.4. The molecule has 0 bridgehead atoms. The van der Waals surface area contributed by atoms with Gasteiger partial charge in [0.2, 0.25) is 0 Å². The second-order valence-electron chi connectivity index (χ2n) is 5.30. The fourth-order valence-electron chi connectivity index (χ4n) is 2.39. The normalized spacial score (nSPS) is 22.0. The molecule has 0 aliphatic carbocycles. The Hall–Kier alpha value is -1.47. The summed E-state index contributed by atoms with van der Waals surface area (Å²) in [5, 5.41) is 14.3. The largest absolute Gasteiger partial charge is 0.386 e. The number of fused-ring (bicyclic) bond motifs is 1. The molecule has 1 aromatic heterocycles. The molecule has 0 saturated carbocycles. The van der Waals surface area contributed by atoms with E-state index >= 15 is 0 Å². The Balaban J connectivity index is 1.73. The van der Waals surface area contributed by atoms with Gasteiger partial charge in [-0.2, -0.15) is 0 Å². The third-order valence-electron chi connectivity index (χ3n) is 3.55. The lowest BCUT2D eigenvalue weighted by atomic mass is 10.0. The standard InChI is InChI=1S/C14H16ClN3O3/c15-9-1-2-10-11(5-9)17-12(18-13(10)19)6-16-7-14(20)3-4-21-8-14/h1-2,5,16,20H,3-4,6-8H2,(H,17,18,19). The van der Waals surface area contributed by atoms with Crippen LogP contribution in [0.5, 0.6) is 0 Å². The molecular weight excluding hydrogens is 294 g/mol. The highest BCUT2D eigenvalue weighted by molar-refractivity contribution is 6.31. The van der Waals surface area contributed by atoms with Crippen LogP contribution in [-0.4, -0.2) is 40.4 Å². The number of rotatable bonds is 4. The van der Waals surface area contributed by atoms with Gasteiger partial charge in [-0.15, -0.1) is 0 Å². The molecule has 2 heterocycles. The van der Waals surface area contributed by atoms with Crippen molar-refractivity contribution in [3.63, 3.8) is 0 Å². The molecule has 0 amide bonds. The number of nitrogens with one attached hydrogen (secondary N) is 2. The zero-order chi connectivity index (χ0) is 14.9. The van der Waals surface area contributed by atoms with E-state index in [1.165, 1.54) is 0 Å². The third kappa shape index (κ3) is 3.24. The van der Waals surface area contributed by atoms with Crippen LogP contribution < -0.4 is 10.9 Å². The summed E-state index contributed by atoms with van der Waals surface area (Å²) in [5.74, 6) is 0.511. The number of hydrogen-bond donors (Lipinski definition) is 3. The van der Waals surface area contributed by atoms with Crippen molar-refractivity contribution in [2.24, 2.45) is 0 Å². The number of benzene rings is 1. The van der Waals surface area contributed by atoms with Crippen molar-refractivity contribution in [3.05, 3.63) is 39.4 Å². The molecule has 1 aliphatic heterocycles. The molecule has 0 spiro atoms. The molecule has 1 aliphatic rings. The van der Waals surface area contributed by atoms with E-state index in [-0.39, 0.29) is 5.56 Å². The number of ether oxygens (including phenoxy) is 1. The van der Waals surface area contributed by atoms with E-state index in [4.69, 9.17) is 16.3 Å². The SMILES string of the molecule is O=c1[nH]c(CNCC2(O)CCOC2)nc2cc(Cl)ccc12. The maximum atomic E-state index is 12.0. The quantitative estimate of drug-likeness (QED) is 0.778. The number of nitrogens with zero attached hydrogens (tertiary/aromatic N) is 1. The molecule has 7 heteroatoms. The van der Waals surface area contributed by atoms with Gasteiger partial charge in [0.1, 0.15) is 11.4 Å². The Bertz CT molecular complexity index is 710. The number of hydrogen-bond acceptors (Lipinski definition) is 5. The van der Waals surface area contributed by atoms with Crippen molar-refractivity contribution in [2.45, 2.75) is 18.6 Å². The summed E-state index contributed by atoms with van der Waals surface area (Å²) in [7, 11) is 0. The zero-order valence-corrected chi connectivity index (χ0v) is 12.1. The molecule has 112 valence electrons. The fraction of sp³-hybridized carbons (Fsp3) is 0.429.